The average Bonchev–Trinajstić information content (AvgIpc) is 2.71. The lowest BCUT2D eigenvalue weighted by Crippen LogP contribution is -2.33. The van der Waals surface area contributed by atoms with Gasteiger partial charge in [-0.2, -0.15) is 0 Å². The van der Waals surface area contributed by atoms with E-state index in [2.05, 4.69) is 11.6 Å². The number of halogens is 1. The minimum Gasteiger partial charge on any atom is -0.338 e. The molecule has 0 atom stereocenters. The number of thioether (sulfide) groups is 1. The number of hydrogen-bond donors (Lipinski definition) is 0. The summed E-state index contributed by atoms with van der Waals surface area (Å²) in [6.45, 7) is 8.64. The Bertz CT molecular complexity index is 1130. The number of likely N-dealkylation sites (N-methyl/N-ethyl adjacent to an activating group) is 1. The van der Waals surface area contributed by atoms with E-state index in [4.69, 9.17) is 0 Å². The van der Waals surface area contributed by atoms with Crippen LogP contribution in [0.5, 0.6) is 0 Å². The van der Waals surface area contributed by atoms with Gasteiger partial charge in [0.1, 0.15) is 5.82 Å². The highest BCUT2D eigenvalue weighted by atomic mass is 32.2. The molecule has 7 heteroatoms. The summed E-state index contributed by atoms with van der Waals surface area (Å²) in [6, 6.07) is 13.0. The number of carbonyl (C=O) groups excluding carboxylic acids is 1. The zero-order valence-corrected chi connectivity index (χ0v) is 17.2. The largest absolute Gasteiger partial charge is 0.338 e. The van der Waals surface area contributed by atoms with E-state index in [1.54, 1.807) is 41.3 Å². The van der Waals surface area contributed by atoms with Crippen molar-refractivity contribution < 1.29 is 9.18 Å². The highest BCUT2D eigenvalue weighted by Gasteiger charge is 2.18. The summed E-state index contributed by atoms with van der Waals surface area (Å²) in [5.41, 5.74) is 1.14. The third kappa shape index (κ3) is 4.56. The molecule has 150 valence electrons. The van der Waals surface area contributed by atoms with Crippen molar-refractivity contribution in [3.05, 3.63) is 76.9 Å². The van der Waals surface area contributed by atoms with Crippen LogP contribution in [-0.2, 0) is 4.79 Å². The van der Waals surface area contributed by atoms with Crippen LogP contribution < -0.4 is 5.56 Å². The first-order valence-electron chi connectivity index (χ1n) is 9.24. The Balaban J connectivity index is 2.04. The van der Waals surface area contributed by atoms with Crippen molar-refractivity contribution in [1.29, 1.82) is 0 Å². The van der Waals surface area contributed by atoms with Gasteiger partial charge in [-0.05, 0) is 38.1 Å². The molecule has 0 aliphatic rings. The van der Waals surface area contributed by atoms with Gasteiger partial charge in [0, 0.05) is 13.1 Å². The van der Waals surface area contributed by atoms with Gasteiger partial charge in [-0.3, -0.25) is 14.2 Å². The lowest BCUT2D eigenvalue weighted by atomic mass is 10.2. The summed E-state index contributed by atoms with van der Waals surface area (Å²) in [6.07, 6.45) is 0. The highest BCUT2D eigenvalue weighted by Crippen LogP contribution is 2.23. The second-order valence-electron chi connectivity index (χ2n) is 6.66. The van der Waals surface area contributed by atoms with Crippen LogP contribution in [0.4, 0.5) is 4.39 Å². The first kappa shape index (κ1) is 20.8. The molecular formula is C22H22FN3O2S. The number of fused-ring (bicyclic) bond motifs is 1. The van der Waals surface area contributed by atoms with Crippen LogP contribution in [0.2, 0.25) is 0 Å². The smallest absolute Gasteiger partial charge is 0.266 e. The molecule has 3 rings (SSSR count). The monoisotopic (exact) mass is 411 g/mol. The Morgan fingerprint density at radius 1 is 1.21 bits per heavy atom. The van der Waals surface area contributed by atoms with Crippen molar-refractivity contribution in [2.24, 2.45) is 0 Å². The number of benzene rings is 2. The Morgan fingerprint density at radius 3 is 2.59 bits per heavy atom. The molecule has 0 N–H and O–H groups in total. The van der Waals surface area contributed by atoms with Crippen molar-refractivity contribution in [3.8, 4) is 5.69 Å². The summed E-state index contributed by atoms with van der Waals surface area (Å²) >= 11 is 1.12. The second-order valence-corrected chi connectivity index (χ2v) is 7.60. The lowest BCUT2D eigenvalue weighted by Gasteiger charge is -2.21. The standard InChI is InChI=1S/C22H22FN3O2S/c1-4-25(13-15(2)3)20(27)14-29-22-24-18-11-7-5-9-16(18)21(28)26(22)19-12-8-6-10-17(19)23/h5-12H,2,4,13-14H2,1,3H3. The molecule has 3 aromatic rings. The molecule has 2 aromatic carbocycles. The normalized spacial score (nSPS) is 10.9. The summed E-state index contributed by atoms with van der Waals surface area (Å²) in [5.74, 6) is -0.541. The third-order valence-electron chi connectivity index (χ3n) is 4.36. The minimum absolute atomic E-state index is 0.0837. The molecule has 0 bridgehead atoms. The Hall–Kier alpha value is -2.93. The van der Waals surface area contributed by atoms with E-state index in [-0.39, 0.29) is 28.1 Å². The van der Waals surface area contributed by atoms with Crippen LogP contribution in [-0.4, -0.2) is 39.2 Å². The zero-order chi connectivity index (χ0) is 21.0. The van der Waals surface area contributed by atoms with Crippen molar-refractivity contribution >= 4 is 28.6 Å². The maximum atomic E-state index is 14.5. The topological polar surface area (TPSA) is 55.2 Å². The molecule has 29 heavy (non-hydrogen) atoms. The van der Waals surface area contributed by atoms with Crippen molar-refractivity contribution in [2.75, 3.05) is 18.8 Å². The molecule has 1 heterocycles. The van der Waals surface area contributed by atoms with Gasteiger partial charge in [-0.25, -0.2) is 9.37 Å². The Kier molecular flexibility index (Phi) is 6.49. The number of rotatable bonds is 7. The number of amides is 1. The van der Waals surface area contributed by atoms with Crippen LogP contribution in [0.3, 0.4) is 0 Å². The number of para-hydroxylation sites is 2. The zero-order valence-electron chi connectivity index (χ0n) is 16.4. The van der Waals surface area contributed by atoms with Gasteiger partial charge in [0.2, 0.25) is 5.91 Å². The highest BCUT2D eigenvalue weighted by molar-refractivity contribution is 7.99. The van der Waals surface area contributed by atoms with Crippen LogP contribution in [0.15, 0.2) is 70.6 Å². The van der Waals surface area contributed by atoms with E-state index >= 15 is 0 Å². The number of carbonyl (C=O) groups is 1. The third-order valence-corrected chi connectivity index (χ3v) is 5.28. The number of hydrogen-bond acceptors (Lipinski definition) is 4. The second kappa shape index (κ2) is 9.05. The Labute approximate surface area is 172 Å². The molecule has 0 saturated heterocycles. The fourth-order valence-electron chi connectivity index (χ4n) is 2.97. The van der Waals surface area contributed by atoms with E-state index < -0.39 is 5.82 Å². The number of nitrogens with zero attached hydrogens (tertiary/aromatic N) is 3. The number of aromatic nitrogens is 2. The predicted molar refractivity (Wildman–Crippen MR) is 115 cm³/mol. The molecule has 1 amide bonds. The van der Waals surface area contributed by atoms with Gasteiger partial charge >= 0.3 is 0 Å². The maximum Gasteiger partial charge on any atom is 0.266 e. The van der Waals surface area contributed by atoms with Crippen LogP contribution in [0.25, 0.3) is 16.6 Å². The summed E-state index contributed by atoms with van der Waals surface area (Å²) in [5, 5.41) is 0.669. The fraction of sp³-hybridized carbons (Fsp3) is 0.227. The van der Waals surface area contributed by atoms with E-state index in [0.717, 1.165) is 17.3 Å². The lowest BCUT2D eigenvalue weighted by molar-refractivity contribution is -0.127. The predicted octanol–water partition coefficient (Wildman–Crippen LogP) is 4.04. The quantitative estimate of drug-likeness (QED) is 0.334. The summed E-state index contributed by atoms with van der Waals surface area (Å²) in [7, 11) is 0. The van der Waals surface area contributed by atoms with Gasteiger partial charge < -0.3 is 4.90 Å². The molecule has 0 unspecified atom stereocenters. The van der Waals surface area contributed by atoms with Crippen molar-refractivity contribution in [1.82, 2.24) is 14.5 Å². The van der Waals surface area contributed by atoms with Crippen molar-refractivity contribution in [3.63, 3.8) is 0 Å². The molecule has 0 spiro atoms. The Morgan fingerprint density at radius 2 is 1.90 bits per heavy atom. The molecule has 0 aliphatic carbocycles. The molecule has 0 aliphatic heterocycles. The van der Waals surface area contributed by atoms with Gasteiger partial charge in [-0.15, -0.1) is 0 Å². The maximum absolute atomic E-state index is 14.5. The SMILES string of the molecule is C=C(C)CN(CC)C(=O)CSc1nc2ccccc2c(=O)n1-c1ccccc1F. The van der Waals surface area contributed by atoms with Crippen LogP contribution in [0.1, 0.15) is 13.8 Å². The van der Waals surface area contributed by atoms with Crippen molar-refractivity contribution in [2.45, 2.75) is 19.0 Å². The van der Waals surface area contributed by atoms with Gasteiger partial charge in [0.15, 0.2) is 5.16 Å². The molecule has 0 saturated carbocycles. The molecule has 0 radical (unpaired) electrons. The molecular weight excluding hydrogens is 389 g/mol. The van der Waals surface area contributed by atoms with Gasteiger partial charge in [-0.1, -0.05) is 48.2 Å². The summed E-state index contributed by atoms with van der Waals surface area (Å²) < 4.78 is 15.7. The summed E-state index contributed by atoms with van der Waals surface area (Å²) in [4.78, 5) is 32.0. The van der Waals surface area contributed by atoms with E-state index in [1.165, 1.54) is 16.7 Å². The van der Waals surface area contributed by atoms with E-state index in [1.807, 2.05) is 13.8 Å². The van der Waals surface area contributed by atoms with E-state index in [0.29, 0.717) is 24.0 Å². The minimum atomic E-state index is -0.530. The van der Waals surface area contributed by atoms with Gasteiger partial charge in [0.25, 0.3) is 5.56 Å². The van der Waals surface area contributed by atoms with Crippen LogP contribution >= 0.6 is 11.8 Å². The fourth-order valence-corrected chi connectivity index (χ4v) is 3.88. The van der Waals surface area contributed by atoms with Crippen LogP contribution in [0, 0.1) is 5.82 Å². The molecule has 0 fully saturated rings. The molecule has 1 aromatic heterocycles. The first-order chi connectivity index (χ1) is 13.9. The first-order valence-corrected chi connectivity index (χ1v) is 10.2. The average molecular weight is 412 g/mol. The van der Waals surface area contributed by atoms with Gasteiger partial charge in [0.05, 0.1) is 22.3 Å². The van der Waals surface area contributed by atoms with E-state index in [9.17, 15) is 14.0 Å². The molecule has 5 nitrogen and oxygen atoms in total.